The second-order valence-corrected chi connectivity index (χ2v) is 8.62. The van der Waals surface area contributed by atoms with Crippen LogP contribution < -0.4 is 5.73 Å². The van der Waals surface area contributed by atoms with Crippen LogP contribution in [0.1, 0.15) is 54.7 Å². The van der Waals surface area contributed by atoms with Gasteiger partial charge in [-0.05, 0) is 72.4 Å². The summed E-state index contributed by atoms with van der Waals surface area (Å²) >= 11 is 0. The van der Waals surface area contributed by atoms with Crippen molar-refractivity contribution in [3.8, 4) is 17.2 Å². The molecule has 2 bridgehead atoms. The maximum atomic E-state index is 14.2. The minimum Gasteiger partial charge on any atom is -0.324 e. The van der Waals surface area contributed by atoms with Gasteiger partial charge in [0.05, 0.1) is 5.56 Å². The van der Waals surface area contributed by atoms with Gasteiger partial charge >= 0.3 is 0 Å². The second kappa shape index (κ2) is 6.15. The highest BCUT2D eigenvalue weighted by molar-refractivity contribution is 5.71. The van der Waals surface area contributed by atoms with E-state index in [9.17, 15) is 4.39 Å². The highest BCUT2D eigenvalue weighted by atomic mass is 19.1. The van der Waals surface area contributed by atoms with Gasteiger partial charge in [0.15, 0.2) is 0 Å². The van der Waals surface area contributed by atoms with Crippen molar-refractivity contribution in [3.63, 3.8) is 0 Å². The number of likely N-dealkylation sites (tertiary alicyclic amines) is 1. The Kier molecular flexibility index (Phi) is 3.86. The van der Waals surface area contributed by atoms with E-state index >= 15 is 0 Å². The summed E-state index contributed by atoms with van der Waals surface area (Å²) in [5.74, 6) is 0.130. The number of rotatable bonds is 4. The molecule has 2 aromatic rings. The van der Waals surface area contributed by atoms with E-state index in [0.717, 1.165) is 37.1 Å². The molecule has 2 aliphatic carbocycles. The molecule has 1 heterocycles. The van der Waals surface area contributed by atoms with Gasteiger partial charge < -0.3 is 5.73 Å². The van der Waals surface area contributed by atoms with Crippen LogP contribution in [0.3, 0.4) is 0 Å². The van der Waals surface area contributed by atoms with E-state index in [0.29, 0.717) is 12.0 Å². The fraction of sp³-hybridized carbons (Fsp3) is 0.435. The molecule has 138 valence electrons. The van der Waals surface area contributed by atoms with Crippen LogP contribution in [-0.2, 0) is 6.54 Å². The Morgan fingerprint density at radius 2 is 2.07 bits per heavy atom. The molecule has 0 amide bonds. The third kappa shape index (κ3) is 2.96. The maximum Gasteiger partial charge on any atom is 0.141 e. The van der Waals surface area contributed by atoms with Crippen molar-refractivity contribution in [1.82, 2.24) is 4.90 Å². The van der Waals surface area contributed by atoms with Crippen molar-refractivity contribution < 1.29 is 4.39 Å². The molecule has 1 saturated heterocycles. The van der Waals surface area contributed by atoms with E-state index in [1.165, 1.54) is 36.5 Å². The van der Waals surface area contributed by atoms with E-state index in [-0.39, 0.29) is 11.1 Å². The molecule has 3 aliphatic rings. The third-order valence-electron chi connectivity index (χ3n) is 6.61. The Bertz CT molecular complexity index is 943. The molecule has 3 nitrogen and oxygen atoms in total. The molecular weight excluding hydrogens is 337 g/mol. The second-order valence-electron chi connectivity index (χ2n) is 8.62. The van der Waals surface area contributed by atoms with E-state index < -0.39 is 5.82 Å². The van der Waals surface area contributed by atoms with Gasteiger partial charge in [0.25, 0.3) is 0 Å². The van der Waals surface area contributed by atoms with Crippen molar-refractivity contribution in [2.24, 2.45) is 5.73 Å². The number of benzene rings is 2. The fourth-order valence-electron chi connectivity index (χ4n) is 5.15. The number of hydrogen-bond acceptors (Lipinski definition) is 3. The Balaban J connectivity index is 1.51. The quantitative estimate of drug-likeness (QED) is 0.883. The van der Waals surface area contributed by atoms with Crippen LogP contribution in [-0.4, -0.2) is 23.0 Å². The predicted molar refractivity (Wildman–Crippen MR) is 103 cm³/mol. The number of nitriles is 1. The molecule has 0 aromatic heterocycles. The summed E-state index contributed by atoms with van der Waals surface area (Å²) in [6.07, 6.45) is 5.87. The monoisotopic (exact) mass is 361 g/mol. The summed E-state index contributed by atoms with van der Waals surface area (Å²) in [5.41, 5.74) is 11.3. The normalized spacial score (nSPS) is 27.1. The van der Waals surface area contributed by atoms with Gasteiger partial charge in [-0.3, -0.25) is 4.90 Å². The summed E-state index contributed by atoms with van der Waals surface area (Å²) in [5, 5.41) is 9.00. The number of piperidine rings is 1. The first-order chi connectivity index (χ1) is 13.1. The topological polar surface area (TPSA) is 53.0 Å². The van der Waals surface area contributed by atoms with Gasteiger partial charge in [-0.2, -0.15) is 5.26 Å². The Hall–Kier alpha value is -2.22. The van der Waals surface area contributed by atoms with Gasteiger partial charge in [-0.25, -0.2) is 4.39 Å². The highest BCUT2D eigenvalue weighted by Crippen LogP contribution is 2.47. The van der Waals surface area contributed by atoms with Crippen molar-refractivity contribution in [2.75, 3.05) is 6.54 Å². The SMILES string of the molecule is N#Cc1ccc(-c2cccc(CN3C[C@@]4(N)CC[C@@H]3C4)c2C2CC2)cc1F. The lowest BCUT2D eigenvalue weighted by Crippen LogP contribution is -2.44. The number of hydrogen-bond donors (Lipinski definition) is 1. The molecule has 0 radical (unpaired) electrons. The van der Waals surface area contributed by atoms with Crippen molar-refractivity contribution in [3.05, 3.63) is 58.9 Å². The van der Waals surface area contributed by atoms with Gasteiger partial charge in [0.2, 0.25) is 0 Å². The minimum absolute atomic E-state index is 0.0122. The molecule has 4 heteroatoms. The molecular formula is C23H24FN3. The van der Waals surface area contributed by atoms with Crippen LogP contribution in [0.5, 0.6) is 0 Å². The van der Waals surface area contributed by atoms with Crippen LogP contribution in [0.4, 0.5) is 4.39 Å². The lowest BCUT2D eigenvalue weighted by atomic mass is 9.91. The molecule has 2 N–H and O–H groups in total. The van der Waals surface area contributed by atoms with E-state index in [1.807, 2.05) is 12.1 Å². The maximum absolute atomic E-state index is 14.2. The van der Waals surface area contributed by atoms with Crippen LogP contribution in [0.2, 0.25) is 0 Å². The highest BCUT2D eigenvalue weighted by Gasteiger charge is 2.46. The average molecular weight is 361 g/mol. The smallest absolute Gasteiger partial charge is 0.141 e. The van der Waals surface area contributed by atoms with Gasteiger partial charge in [0.1, 0.15) is 11.9 Å². The standard InChI is InChI=1S/C23H24FN3/c24-21-10-16(6-7-17(21)12-25)20-3-1-2-18(22(20)15-4-5-15)13-27-14-23(26)9-8-19(27)11-23/h1-3,6-7,10,15,19H,4-5,8-9,11,13-14,26H2/t19-,23-/m1/s1. The summed E-state index contributed by atoms with van der Waals surface area (Å²) in [4.78, 5) is 2.55. The number of halogens is 1. The number of fused-ring (bicyclic) bond motifs is 2. The lowest BCUT2D eigenvalue weighted by Gasteiger charge is -2.31. The molecule has 3 fully saturated rings. The van der Waals surface area contributed by atoms with Crippen molar-refractivity contribution in [1.29, 1.82) is 5.26 Å². The third-order valence-corrected chi connectivity index (χ3v) is 6.61. The van der Waals surface area contributed by atoms with Gasteiger partial charge in [-0.15, -0.1) is 0 Å². The molecule has 27 heavy (non-hydrogen) atoms. The van der Waals surface area contributed by atoms with Crippen LogP contribution in [0, 0.1) is 17.1 Å². The summed E-state index contributed by atoms with van der Waals surface area (Å²) in [6.45, 7) is 1.92. The van der Waals surface area contributed by atoms with E-state index in [1.54, 1.807) is 6.07 Å². The van der Waals surface area contributed by atoms with E-state index in [2.05, 4.69) is 23.1 Å². The Labute approximate surface area is 159 Å². The van der Waals surface area contributed by atoms with Gasteiger partial charge in [-0.1, -0.05) is 24.3 Å². The average Bonchev–Trinajstić information content (AvgIpc) is 3.36. The van der Waals surface area contributed by atoms with Gasteiger partial charge in [0, 0.05) is 24.7 Å². The molecule has 2 saturated carbocycles. The molecule has 2 aromatic carbocycles. The largest absolute Gasteiger partial charge is 0.324 e. The zero-order chi connectivity index (χ0) is 18.6. The van der Waals surface area contributed by atoms with E-state index in [4.69, 9.17) is 11.0 Å². The summed E-state index contributed by atoms with van der Waals surface area (Å²) in [7, 11) is 0. The number of nitrogens with two attached hydrogens (primary N) is 1. The van der Waals surface area contributed by atoms with Crippen LogP contribution >= 0.6 is 0 Å². The lowest BCUT2D eigenvalue weighted by molar-refractivity contribution is 0.195. The number of nitrogens with zero attached hydrogens (tertiary/aromatic N) is 2. The fourth-order valence-corrected chi connectivity index (χ4v) is 5.15. The first kappa shape index (κ1) is 16.9. The molecule has 5 rings (SSSR count). The molecule has 2 atom stereocenters. The van der Waals surface area contributed by atoms with Crippen LogP contribution in [0.25, 0.3) is 11.1 Å². The zero-order valence-electron chi connectivity index (χ0n) is 15.4. The molecule has 0 spiro atoms. The van der Waals surface area contributed by atoms with Crippen LogP contribution in [0.15, 0.2) is 36.4 Å². The Morgan fingerprint density at radius 3 is 2.70 bits per heavy atom. The summed E-state index contributed by atoms with van der Waals surface area (Å²) in [6, 6.07) is 13.9. The first-order valence-electron chi connectivity index (χ1n) is 9.91. The zero-order valence-corrected chi connectivity index (χ0v) is 15.4. The molecule has 1 aliphatic heterocycles. The van der Waals surface area contributed by atoms with Crippen molar-refractivity contribution >= 4 is 0 Å². The molecule has 0 unspecified atom stereocenters. The summed E-state index contributed by atoms with van der Waals surface area (Å²) < 4.78 is 14.2. The van der Waals surface area contributed by atoms with Crippen molar-refractivity contribution in [2.45, 2.75) is 56.1 Å². The first-order valence-corrected chi connectivity index (χ1v) is 9.91. The predicted octanol–water partition coefficient (Wildman–Crippen LogP) is 4.31. The Morgan fingerprint density at radius 1 is 1.22 bits per heavy atom. The minimum atomic E-state index is -0.441.